The van der Waals surface area contributed by atoms with E-state index < -0.39 is 12.2 Å². The molecular formula is C26H36N8O4S2. The van der Waals surface area contributed by atoms with Crippen LogP contribution in [0.5, 0.6) is 0 Å². The van der Waals surface area contributed by atoms with Gasteiger partial charge in [0.2, 0.25) is 11.9 Å². The van der Waals surface area contributed by atoms with E-state index in [4.69, 9.17) is 26.0 Å². The third kappa shape index (κ3) is 5.48. The maximum atomic E-state index is 9.83. The molecule has 0 bridgehead atoms. The molecule has 6 atom stereocenters. The first-order valence-electron chi connectivity index (χ1n) is 13.2. The van der Waals surface area contributed by atoms with Gasteiger partial charge < -0.3 is 40.3 Å². The quantitative estimate of drug-likeness (QED) is 0.191. The van der Waals surface area contributed by atoms with E-state index >= 15 is 0 Å². The number of aliphatic hydroxyl groups excluding tert-OH is 2. The number of rotatable bonds is 6. The molecule has 6 N–H and O–H groups in total. The molecule has 2 fully saturated rings. The summed E-state index contributed by atoms with van der Waals surface area (Å²) in [5, 5.41) is 22.6. The Morgan fingerprint density at radius 2 is 1.38 bits per heavy atom. The van der Waals surface area contributed by atoms with Crippen LogP contribution in [0.2, 0.25) is 0 Å². The topological polar surface area (TPSA) is 172 Å². The standard InChI is InChI=1S/C14H20N4OS.C12H16N4O3S/c1-4-10-8(2)7-11(19-10)18-6-5-9-12(18)16-14(15)17-13(9)20-3;1-20-11-6-2-3-16(10(6)14-12(13)15-11)9-4-7(18)8(5-17)19-9/h5-6,8,10-11H,4,7H2,1-3H3,(H2,15,16,17);2-3,7-9,17-18H,4-5H2,1H3,(H2,13,14,15). The first-order valence-corrected chi connectivity index (χ1v) is 15.7. The van der Waals surface area contributed by atoms with Gasteiger partial charge in [0.05, 0.1) is 29.6 Å². The number of ether oxygens (including phenoxy) is 2. The molecule has 6 heterocycles. The highest BCUT2D eigenvalue weighted by Crippen LogP contribution is 2.37. The second-order valence-electron chi connectivity index (χ2n) is 9.97. The number of nitrogen functional groups attached to an aromatic ring is 2. The van der Waals surface area contributed by atoms with Crippen molar-refractivity contribution in [3.05, 3.63) is 24.5 Å². The molecule has 2 aliphatic rings. The zero-order valence-corrected chi connectivity index (χ0v) is 24.6. The number of aliphatic hydroxyl groups is 2. The average molecular weight is 589 g/mol. The molecular weight excluding hydrogens is 552 g/mol. The van der Waals surface area contributed by atoms with E-state index in [1.165, 1.54) is 11.8 Å². The molecule has 216 valence electrons. The van der Waals surface area contributed by atoms with Crippen molar-refractivity contribution in [2.45, 2.75) is 73.9 Å². The molecule has 0 spiro atoms. The van der Waals surface area contributed by atoms with Crippen molar-refractivity contribution < 1.29 is 19.7 Å². The zero-order valence-electron chi connectivity index (χ0n) is 23.0. The maximum Gasteiger partial charge on any atom is 0.223 e. The van der Waals surface area contributed by atoms with Crippen LogP contribution >= 0.6 is 23.5 Å². The Kier molecular flexibility index (Phi) is 8.73. The molecule has 0 amide bonds. The molecule has 6 unspecified atom stereocenters. The van der Waals surface area contributed by atoms with Crippen LogP contribution in [0, 0.1) is 5.92 Å². The van der Waals surface area contributed by atoms with E-state index in [2.05, 4.69) is 38.4 Å². The van der Waals surface area contributed by atoms with Crippen molar-refractivity contribution in [3.63, 3.8) is 0 Å². The number of aromatic nitrogens is 6. The Labute approximate surface area is 240 Å². The number of nitrogens with zero attached hydrogens (tertiary/aromatic N) is 6. The van der Waals surface area contributed by atoms with Gasteiger partial charge in [-0.2, -0.15) is 9.97 Å². The van der Waals surface area contributed by atoms with Crippen LogP contribution in [-0.2, 0) is 9.47 Å². The Bertz CT molecular complexity index is 1370. The Balaban J connectivity index is 0.000000161. The summed E-state index contributed by atoms with van der Waals surface area (Å²) in [5.74, 6) is 1.10. The predicted molar refractivity (Wildman–Crippen MR) is 157 cm³/mol. The molecule has 12 nitrogen and oxygen atoms in total. The summed E-state index contributed by atoms with van der Waals surface area (Å²) in [4.78, 5) is 17.1. The fourth-order valence-corrected chi connectivity index (χ4v) is 6.54. The number of nitrogens with two attached hydrogens (primary N) is 2. The monoisotopic (exact) mass is 588 g/mol. The molecule has 6 rings (SSSR count). The smallest absolute Gasteiger partial charge is 0.223 e. The van der Waals surface area contributed by atoms with E-state index in [1.54, 1.807) is 11.8 Å². The first-order chi connectivity index (χ1) is 19.3. The van der Waals surface area contributed by atoms with Gasteiger partial charge in [-0.1, -0.05) is 13.8 Å². The second kappa shape index (κ2) is 12.1. The number of anilines is 2. The molecule has 4 aromatic rings. The molecule has 0 saturated carbocycles. The predicted octanol–water partition coefficient (Wildman–Crippen LogP) is 3.45. The normalized spacial score (nSPS) is 26.4. The molecule has 4 aromatic heterocycles. The third-order valence-electron chi connectivity index (χ3n) is 7.44. The van der Waals surface area contributed by atoms with Gasteiger partial charge >= 0.3 is 0 Å². The summed E-state index contributed by atoms with van der Waals surface area (Å²) < 4.78 is 15.7. The van der Waals surface area contributed by atoms with Gasteiger partial charge in [-0.25, -0.2) is 9.97 Å². The van der Waals surface area contributed by atoms with Gasteiger partial charge in [0.1, 0.15) is 39.9 Å². The molecule has 0 aliphatic carbocycles. The fraction of sp³-hybridized carbons (Fsp3) is 0.538. The first kappa shape index (κ1) is 28.9. The summed E-state index contributed by atoms with van der Waals surface area (Å²) in [6.07, 6.45) is 9.06. The van der Waals surface area contributed by atoms with Crippen molar-refractivity contribution in [2.75, 3.05) is 30.6 Å². The van der Waals surface area contributed by atoms with E-state index in [9.17, 15) is 5.11 Å². The van der Waals surface area contributed by atoms with Gasteiger partial charge in [0, 0.05) is 18.8 Å². The van der Waals surface area contributed by atoms with Crippen molar-refractivity contribution in [2.24, 2.45) is 5.92 Å². The SMILES string of the molecule is CCC1OC(n2ccc3c(SC)nc(N)nc32)CC1C.CSc1nc(N)nc2c1ccn2C1CC(O)C(CO)O1. The lowest BCUT2D eigenvalue weighted by atomic mass is 10.0. The van der Waals surface area contributed by atoms with Crippen molar-refractivity contribution in [1.29, 1.82) is 0 Å². The van der Waals surface area contributed by atoms with Crippen LogP contribution in [-0.4, -0.2) is 76.7 Å². The lowest BCUT2D eigenvalue weighted by Gasteiger charge is -2.15. The van der Waals surface area contributed by atoms with E-state index in [1.807, 2.05) is 41.6 Å². The van der Waals surface area contributed by atoms with E-state index in [-0.39, 0.29) is 25.0 Å². The third-order valence-corrected chi connectivity index (χ3v) is 8.84. The largest absolute Gasteiger partial charge is 0.394 e. The summed E-state index contributed by atoms with van der Waals surface area (Å²) in [6.45, 7) is 4.21. The lowest BCUT2D eigenvalue weighted by molar-refractivity contribution is -0.0430. The number of hydrogen-bond donors (Lipinski definition) is 4. The van der Waals surface area contributed by atoms with Crippen LogP contribution in [0.3, 0.4) is 0 Å². The van der Waals surface area contributed by atoms with Crippen LogP contribution in [0.25, 0.3) is 22.1 Å². The van der Waals surface area contributed by atoms with E-state index in [0.717, 1.165) is 39.3 Å². The summed E-state index contributed by atoms with van der Waals surface area (Å²) in [7, 11) is 0. The number of hydrogen-bond acceptors (Lipinski definition) is 12. The van der Waals surface area contributed by atoms with Crippen molar-refractivity contribution in [3.8, 4) is 0 Å². The lowest BCUT2D eigenvalue weighted by Crippen LogP contribution is -2.24. The molecule has 2 aliphatic heterocycles. The van der Waals surface area contributed by atoms with Crippen LogP contribution < -0.4 is 11.5 Å². The molecule has 2 saturated heterocycles. The minimum Gasteiger partial charge on any atom is -0.394 e. The van der Waals surface area contributed by atoms with Gasteiger partial charge in [-0.3, -0.25) is 0 Å². The van der Waals surface area contributed by atoms with Gasteiger partial charge in [-0.15, -0.1) is 23.5 Å². The maximum absolute atomic E-state index is 9.83. The van der Waals surface area contributed by atoms with E-state index in [0.29, 0.717) is 30.0 Å². The fourth-order valence-electron chi connectivity index (χ4n) is 5.41. The minimum atomic E-state index is -0.679. The zero-order chi connectivity index (χ0) is 28.6. The number of thioether (sulfide) groups is 2. The van der Waals surface area contributed by atoms with Gasteiger partial charge in [-0.05, 0) is 43.4 Å². The molecule has 14 heteroatoms. The summed E-state index contributed by atoms with van der Waals surface area (Å²) in [6, 6.07) is 3.95. The summed E-state index contributed by atoms with van der Waals surface area (Å²) in [5.41, 5.74) is 13.1. The van der Waals surface area contributed by atoms with Crippen LogP contribution in [0.1, 0.15) is 45.6 Å². The van der Waals surface area contributed by atoms with Gasteiger partial charge in [0.15, 0.2) is 0 Å². The van der Waals surface area contributed by atoms with Crippen molar-refractivity contribution in [1.82, 2.24) is 29.1 Å². The highest BCUT2D eigenvalue weighted by atomic mass is 32.2. The van der Waals surface area contributed by atoms with Crippen LogP contribution in [0.15, 0.2) is 34.6 Å². The Morgan fingerprint density at radius 3 is 1.80 bits per heavy atom. The highest BCUT2D eigenvalue weighted by Gasteiger charge is 2.35. The Hall–Kier alpha value is -2.62. The second-order valence-corrected chi connectivity index (χ2v) is 11.6. The van der Waals surface area contributed by atoms with Crippen molar-refractivity contribution >= 4 is 57.5 Å². The molecule has 0 radical (unpaired) electrons. The molecule has 40 heavy (non-hydrogen) atoms. The molecule has 0 aromatic carbocycles. The highest BCUT2D eigenvalue weighted by molar-refractivity contribution is 7.99. The minimum absolute atomic E-state index is 0.0523. The average Bonchev–Trinajstić information content (AvgIpc) is 3.72. The summed E-state index contributed by atoms with van der Waals surface area (Å²) >= 11 is 3.09. The van der Waals surface area contributed by atoms with Gasteiger partial charge in [0.25, 0.3) is 0 Å². The van der Waals surface area contributed by atoms with Crippen LogP contribution in [0.4, 0.5) is 11.9 Å². The Morgan fingerprint density at radius 1 is 0.875 bits per heavy atom. The number of fused-ring (bicyclic) bond motifs is 2.